The van der Waals surface area contributed by atoms with Gasteiger partial charge in [0.2, 0.25) is 0 Å². The molecule has 1 aromatic carbocycles. The van der Waals surface area contributed by atoms with E-state index in [-0.39, 0.29) is 22.8 Å². The molecule has 0 spiro atoms. The predicted molar refractivity (Wildman–Crippen MR) is 146 cm³/mol. The normalized spacial score (nSPS) is 14.3. The molecule has 0 aliphatic carbocycles. The molecule has 184 valence electrons. The van der Waals surface area contributed by atoms with Crippen molar-refractivity contribution in [3.63, 3.8) is 0 Å². The first-order valence-electron chi connectivity index (χ1n) is 11.4. The van der Waals surface area contributed by atoms with Crippen molar-refractivity contribution in [3.05, 3.63) is 70.8 Å². The summed E-state index contributed by atoms with van der Waals surface area (Å²) in [5, 5.41) is 15.6. The molecule has 0 aliphatic rings. The Morgan fingerprint density at radius 2 is 1.91 bits per heavy atom. The number of allylic oxidation sites excluding steroid dienone is 5. The lowest BCUT2D eigenvalue weighted by atomic mass is 10.1. The molecule has 1 atom stereocenters. The van der Waals surface area contributed by atoms with Crippen molar-refractivity contribution in [2.24, 2.45) is 9.98 Å². The van der Waals surface area contributed by atoms with Gasteiger partial charge in [-0.05, 0) is 84.6 Å². The van der Waals surface area contributed by atoms with Crippen molar-refractivity contribution < 1.29 is 9.90 Å². The van der Waals surface area contributed by atoms with Gasteiger partial charge >= 0.3 is 6.03 Å². The van der Waals surface area contributed by atoms with E-state index in [0.29, 0.717) is 22.9 Å². The zero-order valence-corrected chi connectivity index (χ0v) is 21.8. The van der Waals surface area contributed by atoms with Gasteiger partial charge in [-0.2, -0.15) is 0 Å². The molecule has 3 N–H and O–H groups in total. The number of halogens is 1. The molecule has 0 radical (unpaired) electrons. The number of phenols is 1. The van der Waals surface area contributed by atoms with Crippen LogP contribution in [-0.2, 0) is 0 Å². The number of amides is 2. The Morgan fingerprint density at radius 1 is 1.21 bits per heavy atom. The summed E-state index contributed by atoms with van der Waals surface area (Å²) in [7, 11) is 0. The standard InChI is InChI=1S/C27H37ClN4O2/c1-8-12-21(9-2)14-11-13-19(6)29-27(34)31-20(7)30-26(18(4)5)32-24(10-3)22-15-16-25(33)23(28)17-22/h8-10,12,15-17,19,33H,4,11,13-14H2,1-3,5-7H3,(H2,29,30,31,32,34)/b12-8-,21-9+,24-10-/t19-/m1/s1. The van der Waals surface area contributed by atoms with Crippen molar-refractivity contribution in [3.8, 4) is 5.75 Å². The van der Waals surface area contributed by atoms with Crippen molar-refractivity contribution >= 4 is 35.0 Å². The number of amidine groups is 2. The summed E-state index contributed by atoms with van der Waals surface area (Å²) in [6, 6.07) is 4.58. The quantitative estimate of drug-likeness (QED) is 0.197. The van der Waals surface area contributed by atoms with Gasteiger partial charge in [0.1, 0.15) is 11.6 Å². The van der Waals surface area contributed by atoms with Crippen LogP contribution in [0.5, 0.6) is 5.75 Å². The monoisotopic (exact) mass is 484 g/mol. The minimum Gasteiger partial charge on any atom is -0.506 e. The number of benzene rings is 1. The van der Waals surface area contributed by atoms with Gasteiger partial charge in [-0.3, -0.25) is 5.32 Å². The van der Waals surface area contributed by atoms with Crippen molar-refractivity contribution in [2.45, 2.75) is 66.8 Å². The molecular weight excluding hydrogens is 448 g/mol. The predicted octanol–water partition coefficient (Wildman–Crippen LogP) is 7.18. The van der Waals surface area contributed by atoms with E-state index in [1.54, 1.807) is 26.0 Å². The van der Waals surface area contributed by atoms with E-state index >= 15 is 0 Å². The minimum atomic E-state index is -0.314. The number of nitrogens with one attached hydrogen (secondary N) is 2. The topological polar surface area (TPSA) is 86.1 Å². The lowest BCUT2D eigenvalue weighted by Gasteiger charge is -2.15. The van der Waals surface area contributed by atoms with E-state index in [9.17, 15) is 9.90 Å². The van der Waals surface area contributed by atoms with Crippen LogP contribution < -0.4 is 10.6 Å². The number of aliphatic imine (C=N–C) groups is 2. The van der Waals surface area contributed by atoms with E-state index in [1.165, 1.54) is 11.6 Å². The number of carbonyl (C=O) groups is 1. The van der Waals surface area contributed by atoms with Gasteiger partial charge in [0.15, 0.2) is 5.84 Å². The number of nitrogens with zero attached hydrogens (tertiary/aromatic N) is 2. The van der Waals surface area contributed by atoms with E-state index in [4.69, 9.17) is 11.6 Å². The van der Waals surface area contributed by atoms with Crippen molar-refractivity contribution in [1.29, 1.82) is 0 Å². The van der Waals surface area contributed by atoms with Gasteiger partial charge in [0.25, 0.3) is 0 Å². The number of rotatable bonds is 9. The second kappa shape index (κ2) is 14.9. The van der Waals surface area contributed by atoms with Gasteiger partial charge in [0.05, 0.1) is 10.7 Å². The summed E-state index contributed by atoms with van der Waals surface area (Å²) in [5.74, 6) is 0.782. The number of aromatic hydroxyl groups is 1. The van der Waals surface area contributed by atoms with E-state index in [0.717, 1.165) is 24.8 Å². The second-order valence-corrected chi connectivity index (χ2v) is 8.42. The van der Waals surface area contributed by atoms with Crippen LogP contribution in [0.1, 0.15) is 66.4 Å². The second-order valence-electron chi connectivity index (χ2n) is 8.01. The fourth-order valence-electron chi connectivity index (χ4n) is 3.13. The smallest absolute Gasteiger partial charge is 0.320 e. The molecular formula is C27H37ClN4O2. The van der Waals surface area contributed by atoms with Gasteiger partial charge in [0, 0.05) is 11.6 Å². The maximum atomic E-state index is 12.4. The van der Waals surface area contributed by atoms with Gasteiger partial charge in [-0.25, -0.2) is 14.8 Å². The largest absolute Gasteiger partial charge is 0.506 e. The van der Waals surface area contributed by atoms with Crippen LogP contribution in [0, 0.1) is 0 Å². The zero-order valence-electron chi connectivity index (χ0n) is 21.1. The molecule has 0 bridgehead atoms. The van der Waals surface area contributed by atoms with Crippen LogP contribution in [0.15, 0.2) is 70.2 Å². The first-order chi connectivity index (χ1) is 16.1. The van der Waals surface area contributed by atoms with Crippen LogP contribution in [0.25, 0.3) is 5.70 Å². The summed E-state index contributed by atoms with van der Waals surface area (Å²) in [6.07, 6.45) is 10.9. The summed E-state index contributed by atoms with van der Waals surface area (Å²) >= 11 is 6.03. The van der Waals surface area contributed by atoms with Crippen LogP contribution in [-0.4, -0.2) is 28.9 Å². The highest BCUT2D eigenvalue weighted by Crippen LogP contribution is 2.28. The summed E-state index contributed by atoms with van der Waals surface area (Å²) in [6.45, 7) is 15.3. The lowest BCUT2D eigenvalue weighted by molar-refractivity contribution is 0.241. The third-order valence-corrected chi connectivity index (χ3v) is 5.23. The molecule has 0 aromatic heterocycles. The fourth-order valence-corrected chi connectivity index (χ4v) is 3.31. The first-order valence-corrected chi connectivity index (χ1v) is 11.8. The molecule has 1 rings (SSSR count). The fraction of sp³-hybridized carbons (Fsp3) is 0.370. The van der Waals surface area contributed by atoms with Crippen molar-refractivity contribution in [1.82, 2.24) is 10.6 Å². The Hall–Kier alpha value is -3.12. The van der Waals surface area contributed by atoms with E-state index in [1.807, 2.05) is 39.8 Å². The van der Waals surface area contributed by atoms with E-state index in [2.05, 4.69) is 39.3 Å². The molecule has 0 saturated carbocycles. The SMILES string of the molecule is C=C(C)C(/N=C(\C)NC(=O)N[C@H](C)CCCC(/C=C\C)=C/C)=N\C(=C/C)c1ccc(O)c(Cl)c1. The van der Waals surface area contributed by atoms with Gasteiger partial charge in [-0.1, -0.05) is 48.1 Å². The Morgan fingerprint density at radius 3 is 2.47 bits per heavy atom. The van der Waals surface area contributed by atoms with Gasteiger partial charge < -0.3 is 10.4 Å². The van der Waals surface area contributed by atoms with Crippen molar-refractivity contribution in [2.75, 3.05) is 0 Å². The number of hydrogen-bond donors (Lipinski definition) is 3. The summed E-state index contributed by atoms with van der Waals surface area (Å²) < 4.78 is 0. The number of carbonyl (C=O) groups excluding carboxylic acids is 1. The summed E-state index contributed by atoms with van der Waals surface area (Å²) in [5.41, 5.74) is 3.28. The first kappa shape index (κ1) is 28.9. The molecule has 0 aliphatic heterocycles. The number of hydrogen-bond acceptors (Lipinski definition) is 3. The molecule has 2 amide bonds. The Balaban J connectivity index is 2.81. The number of urea groups is 1. The Bertz CT molecular complexity index is 1020. The average molecular weight is 485 g/mol. The van der Waals surface area contributed by atoms with Crippen LogP contribution >= 0.6 is 11.6 Å². The molecule has 7 heteroatoms. The third kappa shape index (κ3) is 10.2. The maximum absolute atomic E-state index is 12.4. The maximum Gasteiger partial charge on any atom is 0.320 e. The lowest BCUT2D eigenvalue weighted by Crippen LogP contribution is -2.43. The molecule has 0 unspecified atom stereocenters. The molecule has 6 nitrogen and oxygen atoms in total. The molecule has 1 aromatic rings. The van der Waals surface area contributed by atoms with Crippen LogP contribution in [0.3, 0.4) is 0 Å². The summed E-state index contributed by atoms with van der Waals surface area (Å²) in [4.78, 5) is 21.4. The van der Waals surface area contributed by atoms with Crippen LogP contribution in [0.2, 0.25) is 5.02 Å². The highest BCUT2D eigenvalue weighted by molar-refractivity contribution is 6.32. The van der Waals surface area contributed by atoms with Crippen LogP contribution in [0.4, 0.5) is 4.79 Å². The molecule has 0 heterocycles. The zero-order chi connectivity index (χ0) is 25.7. The molecule has 0 saturated heterocycles. The Labute approximate surface area is 208 Å². The number of phenolic OH excluding ortho intramolecular Hbond substituents is 1. The minimum absolute atomic E-state index is 0.00310. The molecule has 0 fully saturated rings. The molecule has 34 heavy (non-hydrogen) atoms. The third-order valence-electron chi connectivity index (χ3n) is 4.92. The van der Waals surface area contributed by atoms with Gasteiger partial charge in [-0.15, -0.1) is 0 Å². The Kier molecular flexibility index (Phi) is 12.7. The highest BCUT2D eigenvalue weighted by Gasteiger charge is 2.10. The average Bonchev–Trinajstić information content (AvgIpc) is 2.77. The highest BCUT2D eigenvalue weighted by atomic mass is 35.5. The van der Waals surface area contributed by atoms with E-state index < -0.39 is 0 Å².